The van der Waals surface area contributed by atoms with Gasteiger partial charge in [-0.3, -0.25) is 0 Å². The lowest BCUT2D eigenvalue weighted by atomic mass is 9.92. The lowest BCUT2D eigenvalue weighted by Gasteiger charge is -2.15. The molecule has 1 atom stereocenters. The van der Waals surface area contributed by atoms with Crippen LogP contribution in [0, 0.1) is 0 Å². The van der Waals surface area contributed by atoms with E-state index in [1.54, 1.807) is 6.07 Å². The third-order valence-corrected chi connectivity index (χ3v) is 5.10. The molecule has 1 N–H and O–H groups in total. The number of hydrogen-bond donors (Lipinski definition) is 1. The fourth-order valence-electron chi connectivity index (χ4n) is 4.01. The molecule has 0 saturated carbocycles. The summed E-state index contributed by atoms with van der Waals surface area (Å²) >= 11 is 0. The van der Waals surface area contributed by atoms with Gasteiger partial charge < -0.3 is 14.6 Å². The minimum absolute atomic E-state index is 0.353. The van der Waals surface area contributed by atoms with Crippen LogP contribution in [0.4, 0.5) is 0 Å². The van der Waals surface area contributed by atoms with Gasteiger partial charge in [-0.1, -0.05) is 30.3 Å². The number of nitrogens with zero attached hydrogens (tertiary/aromatic N) is 2. The smallest absolute Gasteiger partial charge is 0.124 e. The predicted octanol–water partition coefficient (Wildman–Crippen LogP) is 3.97. The number of fused-ring (bicyclic) bond motifs is 1. The SMILES string of the molecule is CN1CCC(c2c(-c3ccccc3O)n(C)c3ccccc23)C1. The Hall–Kier alpha value is -2.26. The van der Waals surface area contributed by atoms with E-state index < -0.39 is 0 Å². The summed E-state index contributed by atoms with van der Waals surface area (Å²) in [6.45, 7) is 2.21. The Labute approximate surface area is 136 Å². The molecule has 1 saturated heterocycles. The second-order valence-corrected chi connectivity index (χ2v) is 6.60. The Balaban J connectivity index is 2.03. The molecule has 0 bridgehead atoms. The summed E-state index contributed by atoms with van der Waals surface area (Å²) in [7, 11) is 4.29. The molecular formula is C20H22N2O. The molecule has 3 aromatic rings. The predicted molar refractivity (Wildman–Crippen MR) is 94.9 cm³/mol. The van der Waals surface area contributed by atoms with E-state index in [4.69, 9.17) is 0 Å². The minimum Gasteiger partial charge on any atom is -0.507 e. The summed E-state index contributed by atoms with van der Waals surface area (Å²) in [4.78, 5) is 2.39. The number of aryl methyl sites for hydroxylation is 1. The number of para-hydroxylation sites is 2. The van der Waals surface area contributed by atoms with Crippen LogP contribution in [0.1, 0.15) is 17.9 Å². The van der Waals surface area contributed by atoms with Gasteiger partial charge in [-0.05, 0) is 43.8 Å². The molecule has 3 heteroatoms. The number of likely N-dealkylation sites (tertiary alicyclic amines) is 1. The van der Waals surface area contributed by atoms with Crippen LogP contribution in [-0.4, -0.2) is 34.7 Å². The molecule has 2 heterocycles. The summed E-state index contributed by atoms with van der Waals surface area (Å²) in [6.07, 6.45) is 1.17. The Kier molecular flexibility index (Phi) is 3.38. The molecule has 3 nitrogen and oxygen atoms in total. The van der Waals surface area contributed by atoms with Crippen molar-refractivity contribution in [2.75, 3.05) is 20.1 Å². The fraction of sp³-hybridized carbons (Fsp3) is 0.300. The van der Waals surface area contributed by atoms with Crippen molar-refractivity contribution < 1.29 is 5.11 Å². The normalized spacial score (nSPS) is 18.8. The van der Waals surface area contributed by atoms with Crippen LogP contribution < -0.4 is 0 Å². The minimum atomic E-state index is 0.353. The first-order chi connectivity index (χ1) is 11.2. The highest BCUT2D eigenvalue weighted by Gasteiger charge is 2.29. The highest BCUT2D eigenvalue weighted by molar-refractivity contribution is 5.93. The highest BCUT2D eigenvalue weighted by atomic mass is 16.3. The van der Waals surface area contributed by atoms with E-state index in [1.807, 2.05) is 18.2 Å². The number of rotatable bonds is 2. The molecule has 1 unspecified atom stereocenters. The van der Waals surface area contributed by atoms with E-state index in [0.717, 1.165) is 24.3 Å². The van der Waals surface area contributed by atoms with Gasteiger partial charge in [0.15, 0.2) is 0 Å². The van der Waals surface area contributed by atoms with E-state index in [1.165, 1.54) is 22.9 Å². The fourth-order valence-corrected chi connectivity index (χ4v) is 4.01. The van der Waals surface area contributed by atoms with Crippen molar-refractivity contribution in [1.29, 1.82) is 0 Å². The quantitative estimate of drug-likeness (QED) is 0.776. The number of phenolic OH excluding ortho intramolecular Hbond substituents is 1. The number of aromatic hydroxyl groups is 1. The number of hydrogen-bond acceptors (Lipinski definition) is 2. The van der Waals surface area contributed by atoms with Gasteiger partial charge in [-0.25, -0.2) is 0 Å². The zero-order valence-electron chi connectivity index (χ0n) is 13.7. The van der Waals surface area contributed by atoms with Gasteiger partial charge in [0.2, 0.25) is 0 Å². The van der Waals surface area contributed by atoms with Gasteiger partial charge in [0.25, 0.3) is 0 Å². The number of phenols is 1. The number of likely N-dealkylation sites (N-methyl/N-ethyl adjacent to an activating group) is 1. The molecule has 0 aliphatic carbocycles. The van der Waals surface area contributed by atoms with Gasteiger partial charge >= 0.3 is 0 Å². The monoisotopic (exact) mass is 306 g/mol. The molecule has 0 amide bonds. The Morgan fingerprint density at radius 2 is 1.74 bits per heavy atom. The third-order valence-electron chi connectivity index (χ3n) is 5.10. The number of benzene rings is 2. The van der Waals surface area contributed by atoms with Crippen LogP contribution in [0.5, 0.6) is 5.75 Å². The van der Waals surface area contributed by atoms with Gasteiger partial charge in [-0.15, -0.1) is 0 Å². The summed E-state index contributed by atoms with van der Waals surface area (Å²) in [5.74, 6) is 0.867. The molecule has 1 fully saturated rings. The maximum atomic E-state index is 10.4. The molecule has 2 aromatic carbocycles. The molecule has 23 heavy (non-hydrogen) atoms. The van der Waals surface area contributed by atoms with Crippen molar-refractivity contribution >= 4 is 10.9 Å². The lowest BCUT2D eigenvalue weighted by Crippen LogP contribution is -2.13. The van der Waals surface area contributed by atoms with E-state index in [9.17, 15) is 5.11 Å². The average molecular weight is 306 g/mol. The van der Waals surface area contributed by atoms with Crippen molar-refractivity contribution in [3.05, 3.63) is 54.1 Å². The molecule has 1 aliphatic heterocycles. The van der Waals surface area contributed by atoms with Crippen molar-refractivity contribution in [2.24, 2.45) is 7.05 Å². The van der Waals surface area contributed by atoms with Crippen LogP contribution in [-0.2, 0) is 7.05 Å². The van der Waals surface area contributed by atoms with E-state index in [-0.39, 0.29) is 0 Å². The Bertz CT molecular complexity index is 865. The number of aromatic nitrogens is 1. The molecule has 0 radical (unpaired) electrons. The molecule has 118 valence electrons. The zero-order chi connectivity index (χ0) is 16.0. The zero-order valence-corrected chi connectivity index (χ0v) is 13.7. The Morgan fingerprint density at radius 1 is 1.00 bits per heavy atom. The van der Waals surface area contributed by atoms with E-state index >= 15 is 0 Å². The largest absolute Gasteiger partial charge is 0.507 e. The van der Waals surface area contributed by atoms with Crippen molar-refractivity contribution in [3.63, 3.8) is 0 Å². The van der Waals surface area contributed by atoms with E-state index in [2.05, 4.69) is 47.8 Å². The van der Waals surface area contributed by atoms with Crippen LogP contribution in [0.3, 0.4) is 0 Å². The van der Waals surface area contributed by atoms with Crippen molar-refractivity contribution in [1.82, 2.24) is 9.47 Å². The van der Waals surface area contributed by atoms with Crippen molar-refractivity contribution in [3.8, 4) is 17.0 Å². The van der Waals surface area contributed by atoms with Crippen LogP contribution in [0.15, 0.2) is 48.5 Å². The van der Waals surface area contributed by atoms with E-state index in [0.29, 0.717) is 11.7 Å². The maximum Gasteiger partial charge on any atom is 0.124 e. The molecule has 4 rings (SSSR count). The topological polar surface area (TPSA) is 28.4 Å². The Morgan fingerprint density at radius 3 is 2.48 bits per heavy atom. The van der Waals surface area contributed by atoms with Gasteiger partial charge in [0.05, 0.1) is 5.69 Å². The first-order valence-corrected chi connectivity index (χ1v) is 8.21. The maximum absolute atomic E-state index is 10.4. The molecule has 0 spiro atoms. The summed E-state index contributed by atoms with van der Waals surface area (Å²) in [6, 6.07) is 16.2. The molecule has 1 aliphatic rings. The third kappa shape index (κ3) is 2.23. The summed E-state index contributed by atoms with van der Waals surface area (Å²) < 4.78 is 2.23. The average Bonchev–Trinajstić information content (AvgIpc) is 3.10. The highest BCUT2D eigenvalue weighted by Crippen LogP contribution is 2.43. The summed E-state index contributed by atoms with van der Waals surface area (Å²) in [5, 5.41) is 11.7. The van der Waals surface area contributed by atoms with Crippen molar-refractivity contribution in [2.45, 2.75) is 12.3 Å². The molecule has 1 aromatic heterocycles. The molecular weight excluding hydrogens is 284 g/mol. The summed E-state index contributed by atoms with van der Waals surface area (Å²) in [5.41, 5.74) is 4.70. The second-order valence-electron chi connectivity index (χ2n) is 6.60. The van der Waals surface area contributed by atoms with Gasteiger partial charge in [-0.2, -0.15) is 0 Å². The first kappa shape index (κ1) is 14.3. The van der Waals surface area contributed by atoms with Gasteiger partial charge in [0.1, 0.15) is 5.75 Å². The first-order valence-electron chi connectivity index (χ1n) is 8.21. The van der Waals surface area contributed by atoms with Crippen LogP contribution in [0.2, 0.25) is 0 Å². The van der Waals surface area contributed by atoms with Crippen LogP contribution >= 0.6 is 0 Å². The van der Waals surface area contributed by atoms with Crippen LogP contribution in [0.25, 0.3) is 22.2 Å². The standard InChI is InChI=1S/C20H22N2O/c1-21-12-11-14(13-21)19-15-7-3-5-9-17(15)22(2)20(19)16-8-4-6-10-18(16)23/h3-10,14,23H,11-13H2,1-2H3. The second kappa shape index (κ2) is 5.43. The lowest BCUT2D eigenvalue weighted by molar-refractivity contribution is 0.412. The van der Waals surface area contributed by atoms with Gasteiger partial charge in [0, 0.05) is 36.0 Å².